The van der Waals surface area contributed by atoms with Crippen molar-refractivity contribution in [3.63, 3.8) is 0 Å². The number of ether oxygens (including phenoxy) is 2. The summed E-state index contributed by atoms with van der Waals surface area (Å²) in [5, 5.41) is 0. The topological polar surface area (TPSA) is 38.8 Å². The van der Waals surface area contributed by atoms with Crippen LogP contribution in [-0.2, 0) is 4.74 Å². The molecule has 4 nitrogen and oxygen atoms in total. The molecular formula is C25H25NO3. The maximum absolute atomic E-state index is 11.8. The number of benzene rings is 3. The Morgan fingerprint density at radius 1 is 0.897 bits per heavy atom. The molecule has 0 radical (unpaired) electrons. The third kappa shape index (κ3) is 4.49. The lowest BCUT2D eigenvalue weighted by Gasteiger charge is -2.44. The van der Waals surface area contributed by atoms with Gasteiger partial charge in [-0.1, -0.05) is 60.7 Å². The summed E-state index contributed by atoms with van der Waals surface area (Å²) >= 11 is 0. The van der Waals surface area contributed by atoms with Crippen LogP contribution in [0.3, 0.4) is 0 Å². The molecule has 0 saturated carbocycles. The zero-order chi connectivity index (χ0) is 20.1. The van der Waals surface area contributed by atoms with Crippen LogP contribution in [0.1, 0.15) is 34.5 Å². The first-order valence-corrected chi connectivity index (χ1v) is 10.0. The summed E-state index contributed by atoms with van der Waals surface area (Å²) in [5.74, 6) is 0.473. The fourth-order valence-electron chi connectivity index (χ4n) is 3.72. The van der Waals surface area contributed by atoms with Crippen molar-refractivity contribution in [1.29, 1.82) is 0 Å². The maximum atomic E-state index is 11.8. The second kappa shape index (κ2) is 8.93. The molecule has 148 valence electrons. The summed E-state index contributed by atoms with van der Waals surface area (Å²) in [6.07, 6.45) is 0.137. The van der Waals surface area contributed by atoms with Crippen molar-refractivity contribution in [1.82, 2.24) is 4.90 Å². The van der Waals surface area contributed by atoms with Gasteiger partial charge in [-0.3, -0.25) is 4.90 Å². The van der Waals surface area contributed by atoms with Gasteiger partial charge in [0.1, 0.15) is 11.9 Å². The fourth-order valence-corrected chi connectivity index (χ4v) is 3.72. The van der Waals surface area contributed by atoms with E-state index in [1.807, 2.05) is 24.3 Å². The fraction of sp³-hybridized carbons (Fsp3) is 0.240. The lowest BCUT2D eigenvalue weighted by atomic mass is 9.94. The molecule has 1 aliphatic rings. The van der Waals surface area contributed by atoms with Crippen molar-refractivity contribution in [2.24, 2.45) is 0 Å². The summed E-state index contributed by atoms with van der Waals surface area (Å²) in [5.41, 5.74) is 3.12. The first kappa shape index (κ1) is 19.2. The van der Waals surface area contributed by atoms with E-state index in [4.69, 9.17) is 9.47 Å². The highest BCUT2D eigenvalue weighted by atomic mass is 16.5. The van der Waals surface area contributed by atoms with Gasteiger partial charge in [0, 0.05) is 13.1 Å². The molecule has 0 aliphatic carbocycles. The summed E-state index contributed by atoms with van der Waals surface area (Å²) in [7, 11) is 0. The average Bonchev–Trinajstić information content (AvgIpc) is 2.74. The molecule has 0 bridgehead atoms. The van der Waals surface area contributed by atoms with Crippen LogP contribution in [0.5, 0.6) is 5.75 Å². The van der Waals surface area contributed by atoms with Gasteiger partial charge in [-0.2, -0.15) is 0 Å². The van der Waals surface area contributed by atoms with Gasteiger partial charge in [-0.25, -0.2) is 4.79 Å². The van der Waals surface area contributed by atoms with Crippen LogP contribution in [0.2, 0.25) is 0 Å². The number of carbonyl (C=O) groups excluding carboxylic acids is 1. The Balaban J connectivity index is 1.40. The maximum Gasteiger partial charge on any atom is 0.338 e. The molecule has 0 aromatic heterocycles. The van der Waals surface area contributed by atoms with Gasteiger partial charge in [0.05, 0.1) is 18.2 Å². The Bertz CT molecular complexity index is 880. The highest BCUT2D eigenvalue weighted by Crippen LogP contribution is 2.33. The number of rotatable bonds is 7. The zero-order valence-corrected chi connectivity index (χ0v) is 16.5. The predicted molar refractivity (Wildman–Crippen MR) is 113 cm³/mol. The van der Waals surface area contributed by atoms with E-state index >= 15 is 0 Å². The van der Waals surface area contributed by atoms with Gasteiger partial charge in [-0.05, 0) is 42.3 Å². The molecule has 1 saturated heterocycles. The number of carbonyl (C=O) groups is 1. The monoisotopic (exact) mass is 387 g/mol. The summed E-state index contributed by atoms with van der Waals surface area (Å²) in [6, 6.07) is 28.6. The smallest absolute Gasteiger partial charge is 0.338 e. The molecule has 0 spiro atoms. The minimum absolute atomic E-state index is 0.137. The lowest BCUT2D eigenvalue weighted by Crippen LogP contribution is -2.55. The van der Waals surface area contributed by atoms with E-state index in [1.165, 1.54) is 11.1 Å². The van der Waals surface area contributed by atoms with E-state index in [2.05, 4.69) is 53.4 Å². The van der Waals surface area contributed by atoms with Crippen molar-refractivity contribution < 1.29 is 14.3 Å². The van der Waals surface area contributed by atoms with E-state index < -0.39 is 0 Å². The second-order valence-corrected chi connectivity index (χ2v) is 7.16. The highest BCUT2D eigenvalue weighted by Gasteiger charge is 2.35. The summed E-state index contributed by atoms with van der Waals surface area (Å²) in [4.78, 5) is 14.2. The van der Waals surface area contributed by atoms with Crippen molar-refractivity contribution in [2.75, 3.05) is 19.7 Å². The summed E-state index contributed by atoms with van der Waals surface area (Å²) in [6.45, 7) is 3.89. The average molecular weight is 387 g/mol. The minimum atomic E-state index is -0.303. The first-order chi connectivity index (χ1) is 14.2. The van der Waals surface area contributed by atoms with Crippen molar-refractivity contribution >= 4 is 5.97 Å². The highest BCUT2D eigenvalue weighted by molar-refractivity contribution is 5.89. The van der Waals surface area contributed by atoms with Crippen molar-refractivity contribution in [3.8, 4) is 5.75 Å². The van der Waals surface area contributed by atoms with Gasteiger partial charge in [-0.15, -0.1) is 0 Å². The van der Waals surface area contributed by atoms with Gasteiger partial charge in [0.2, 0.25) is 0 Å². The van der Waals surface area contributed by atoms with Crippen LogP contribution in [0.15, 0.2) is 84.9 Å². The van der Waals surface area contributed by atoms with E-state index in [0.29, 0.717) is 12.2 Å². The molecule has 29 heavy (non-hydrogen) atoms. The van der Waals surface area contributed by atoms with Crippen molar-refractivity contribution in [3.05, 3.63) is 102 Å². The lowest BCUT2D eigenvalue weighted by molar-refractivity contribution is 0.000281. The van der Waals surface area contributed by atoms with Gasteiger partial charge in [0.15, 0.2) is 0 Å². The zero-order valence-electron chi connectivity index (χ0n) is 16.5. The Hall–Kier alpha value is -3.11. The van der Waals surface area contributed by atoms with Crippen LogP contribution in [0.25, 0.3) is 0 Å². The Labute approximate surface area is 171 Å². The van der Waals surface area contributed by atoms with Crippen LogP contribution in [0.4, 0.5) is 0 Å². The predicted octanol–water partition coefficient (Wildman–Crippen LogP) is 4.72. The Morgan fingerprint density at radius 3 is 1.97 bits per heavy atom. The first-order valence-electron chi connectivity index (χ1n) is 10.0. The molecule has 0 amide bonds. The second-order valence-electron chi connectivity index (χ2n) is 7.16. The Morgan fingerprint density at radius 2 is 1.45 bits per heavy atom. The van der Waals surface area contributed by atoms with E-state index in [0.717, 1.165) is 18.8 Å². The van der Waals surface area contributed by atoms with Gasteiger partial charge >= 0.3 is 5.97 Å². The molecule has 0 atom stereocenters. The normalized spacial score (nSPS) is 14.4. The largest absolute Gasteiger partial charge is 0.488 e. The van der Waals surface area contributed by atoms with Crippen LogP contribution < -0.4 is 4.74 Å². The van der Waals surface area contributed by atoms with Gasteiger partial charge in [0.25, 0.3) is 0 Å². The SMILES string of the molecule is CCOC(=O)c1ccc(OC2CN(C(c3ccccc3)c3ccccc3)C2)cc1. The molecular weight excluding hydrogens is 362 g/mol. The quantitative estimate of drug-likeness (QED) is 0.550. The number of esters is 1. The molecule has 1 aliphatic heterocycles. The third-order valence-electron chi connectivity index (χ3n) is 5.14. The number of nitrogens with zero attached hydrogens (tertiary/aromatic N) is 1. The number of hydrogen-bond acceptors (Lipinski definition) is 4. The molecule has 3 aromatic rings. The Kier molecular flexibility index (Phi) is 5.92. The van der Waals surface area contributed by atoms with Crippen LogP contribution >= 0.6 is 0 Å². The molecule has 4 heteroatoms. The van der Waals surface area contributed by atoms with E-state index in [9.17, 15) is 4.79 Å². The molecule has 0 unspecified atom stereocenters. The van der Waals surface area contributed by atoms with Crippen molar-refractivity contribution in [2.45, 2.75) is 19.1 Å². The molecule has 1 heterocycles. The number of likely N-dealkylation sites (tertiary alicyclic amines) is 1. The molecule has 3 aromatic carbocycles. The van der Waals surface area contributed by atoms with Crippen LogP contribution in [-0.4, -0.2) is 36.7 Å². The molecule has 0 N–H and O–H groups in total. The van der Waals surface area contributed by atoms with E-state index in [-0.39, 0.29) is 18.1 Å². The van der Waals surface area contributed by atoms with E-state index in [1.54, 1.807) is 19.1 Å². The number of hydrogen-bond donors (Lipinski definition) is 0. The van der Waals surface area contributed by atoms with Gasteiger partial charge < -0.3 is 9.47 Å². The third-order valence-corrected chi connectivity index (χ3v) is 5.14. The molecule has 4 rings (SSSR count). The summed E-state index contributed by atoms with van der Waals surface area (Å²) < 4.78 is 11.1. The van der Waals surface area contributed by atoms with Crippen LogP contribution in [0, 0.1) is 0 Å². The molecule has 1 fully saturated rings. The minimum Gasteiger partial charge on any atom is -0.488 e. The standard InChI is InChI=1S/C25H25NO3/c1-2-28-25(27)21-13-15-22(16-14-21)29-23-17-26(18-23)24(19-9-5-3-6-10-19)20-11-7-4-8-12-20/h3-16,23-24H,2,17-18H2,1H3.